The van der Waals surface area contributed by atoms with Crippen molar-refractivity contribution in [3.63, 3.8) is 0 Å². The Morgan fingerprint density at radius 3 is 2.41 bits per heavy atom. The van der Waals surface area contributed by atoms with E-state index in [9.17, 15) is 14.0 Å². The van der Waals surface area contributed by atoms with E-state index in [2.05, 4.69) is 26.1 Å². The number of aromatic amines is 1. The third-order valence-corrected chi connectivity index (χ3v) is 5.58. The van der Waals surface area contributed by atoms with E-state index in [0.29, 0.717) is 47.6 Å². The van der Waals surface area contributed by atoms with Crippen molar-refractivity contribution in [1.82, 2.24) is 15.1 Å². The van der Waals surface area contributed by atoms with E-state index >= 15 is 0 Å². The molecule has 0 aliphatic carbocycles. The second-order valence-corrected chi connectivity index (χ2v) is 7.75. The van der Waals surface area contributed by atoms with Crippen molar-refractivity contribution in [2.75, 3.05) is 31.1 Å². The summed E-state index contributed by atoms with van der Waals surface area (Å²) < 4.78 is 15.1. The Morgan fingerprint density at radius 1 is 1.22 bits per heavy atom. The molecule has 2 heterocycles. The number of Topliss-reactive ketones (excluding diaryl/α,β-unsaturated/α-hetero) is 1. The molecule has 1 saturated heterocycles. The minimum atomic E-state index is -0.418. The maximum atomic E-state index is 14.4. The number of nitrogens with zero attached hydrogens (tertiary/aromatic N) is 3. The van der Waals surface area contributed by atoms with Gasteiger partial charge in [-0.2, -0.15) is 5.10 Å². The van der Waals surface area contributed by atoms with Crippen LogP contribution in [0.2, 0.25) is 0 Å². The van der Waals surface area contributed by atoms with Crippen LogP contribution in [0.5, 0.6) is 0 Å². The Balaban J connectivity index is 1.69. The number of ketones is 1. The first kappa shape index (κ1) is 19.5. The van der Waals surface area contributed by atoms with Crippen LogP contribution in [0.4, 0.5) is 10.1 Å². The molecule has 0 atom stereocenters. The molecule has 1 aliphatic rings. The molecule has 0 saturated carbocycles. The lowest BCUT2D eigenvalue weighted by molar-refractivity contribution is 0.0739. The predicted octanol–water partition coefficient (Wildman–Crippen LogP) is 3.60. The van der Waals surface area contributed by atoms with Crippen LogP contribution in [0.1, 0.15) is 53.2 Å². The van der Waals surface area contributed by atoms with Crippen LogP contribution in [0, 0.1) is 5.82 Å². The number of amides is 1. The summed E-state index contributed by atoms with van der Waals surface area (Å²) in [5, 5.41) is 7.08. The summed E-state index contributed by atoms with van der Waals surface area (Å²) in [4.78, 5) is 27.8. The number of hydrogen-bond donors (Lipinski definition) is 1. The number of carbonyl (C=O) groups excluding carboxylic acids is 2. The van der Waals surface area contributed by atoms with E-state index in [0.717, 1.165) is 5.69 Å². The van der Waals surface area contributed by atoms with Gasteiger partial charge >= 0.3 is 0 Å². The van der Waals surface area contributed by atoms with E-state index in [4.69, 9.17) is 0 Å². The Morgan fingerprint density at radius 2 is 1.89 bits per heavy atom. The molecule has 0 radical (unpaired) electrons. The minimum absolute atomic E-state index is 0.142. The predicted molar refractivity (Wildman–Crippen MR) is 105 cm³/mol. The van der Waals surface area contributed by atoms with Gasteiger partial charge in [0.15, 0.2) is 11.5 Å². The summed E-state index contributed by atoms with van der Waals surface area (Å²) in [6, 6.07) is 4.53. The van der Waals surface area contributed by atoms with Crippen LogP contribution < -0.4 is 4.90 Å². The molecular formula is C19H22BrFN4O2. The normalized spacial score (nSPS) is 14.7. The maximum absolute atomic E-state index is 14.4. The molecular weight excluding hydrogens is 415 g/mol. The molecule has 1 amide bonds. The summed E-state index contributed by atoms with van der Waals surface area (Å²) in [5.41, 5.74) is 2.08. The number of anilines is 1. The number of piperazine rings is 1. The Hall–Kier alpha value is -2.22. The van der Waals surface area contributed by atoms with Gasteiger partial charge in [0.1, 0.15) is 5.82 Å². The summed E-state index contributed by atoms with van der Waals surface area (Å²) in [5.74, 6) is -0.497. The minimum Gasteiger partial charge on any atom is -0.366 e. The first-order chi connectivity index (χ1) is 12.8. The highest BCUT2D eigenvalue weighted by atomic mass is 79.9. The highest BCUT2D eigenvalue weighted by molar-refractivity contribution is 9.10. The number of carbonyl (C=O) groups is 2. The van der Waals surface area contributed by atoms with Crippen LogP contribution in [-0.4, -0.2) is 53.0 Å². The molecule has 8 heteroatoms. The van der Waals surface area contributed by atoms with Crippen molar-refractivity contribution < 1.29 is 14.0 Å². The van der Waals surface area contributed by atoms with Gasteiger partial charge in [0, 0.05) is 31.7 Å². The van der Waals surface area contributed by atoms with Gasteiger partial charge in [0.05, 0.1) is 15.9 Å². The summed E-state index contributed by atoms with van der Waals surface area (Å²) in [7, 11) is 0. The molecule has 6 nitrogen and oxygen atoms in total. The number of aromatic nitrogens is 2. The molecule has 2 aromatic rings. The van der Waals surface area contributed by atoms with Crippen molar-refractivity contribution in [3.05, 3.63) is 45.4 Å². The van der Waals surface area contributed by atoms with E-state index in [-0.39, 0.29) is 17.6 Å². The zero-order valence-corrected chi connectivity index (χ0v) is 17.1. The lowest BCUT2D eigenvalue weighted by atomic mass is 10.1. The third-order valence-electron chi connectivity index (χ3n) is 4.77. The summed E-state index contributed by atoms with van der Waals surface area (Å²) >= 11 is 3.47. The number of halogens is 2. The van der Waals surface area contributed by atoms with Crippen LogP contribution in [0.3, 0.4) is 0 Å². The first-order valence-electron chi connectivity index (χ1n) is 8.88. The van der Waals surface area contributed by atoms with E-state index in [1.807, 2.05) is 18.7 Å². The maximum Gasteiger partial charge on any atom is 0.275 e. The second kappa shape index (κ2) is 7.80. The molecule has 1 N–H and O–H groups in total. The van der Waals surface area contributed by atoms with Gasteiger partial charge in [-0.15, -0.1) is 0 Å². The number of benzene rings is 1. The summed E-state index contributed by atoms with van der Waals surface area (Å²) in [6.45, 7) is 7.44. The van der Waals surface area contributed by atoms with Gasteiger partial charge in [-0.3, -0.25) is 14.7 Å². The van der Waals surface area contributed by atoms with E-state index < -0.39 is 5.82 Å². The third kappa shape index (κ3) is 3.90. The molecule has 1 aliphatic heterocycles. The van der Waals surface area contributed by atoms with Gasteiger partial charge in [0.2, 0.25) is 0 Å². The monoisotopic (exact) mass is 436 g/mol. The second-order valence-electron chi connectivity index (χ2n) is 6.96. The van der Waals surface area contributed by atoms with Crippen LogP contribution in [0.15, 0.2) is 22.7 Å². The highest BCUT2D eigenvalue weighted by Crippen LogP contribution is 2.27. The highest BCUT2D eigenvalue weighted by Gasteiger charge is 2.28. The van der Waals surface area contributed by atoms with E-state index in [1.54, 1.807) is 17.0 Å². The van der Waals surface area contributed by atoms with Crippen molar-refractivity contribution in [2.45, 2.75) is 26.7 Å². The first-order valence-corrected chi connectivity index (χ1v) is 9.67. The Labute approximate surface area is 165 Å². The molecule has 1 aromatic heterocycles. The van der Waals surface area contributed by atoms with Crippen LogP contribution in [-0.2, 0) is 0 Å². The standard InChI is InChI=1S/C19H22BrFN4O2/c1-11(2)17-16(20)18(23-22-17)19(27)25-8-6-24(7-9-25)15-5-4-13(12(3)26)10-14(15)21/h4-5,10-11H,6-9H2,1-3H3,(H,22,23). The van der Waals surface area contributed by atoms with Crippen molar-refractivity contribution >= 4 is 33.3 Å². The largest absolute Gasteiger partial charge is 0.366 e. The van der Waals surface area contributed by atoms with Gasteiger partial charge in [-0.25, -0.2) is 4.39 Å². The van der Waals surface area contributed by atoms with Crippen molar-refractivity contribution in [3.8, 4) is 0 Å². The van der Waals surface area contributed by atoms with Gasteiger partial charge in [0.25, 0.3) is 5.91 Å². The molecule has 1 aromatic carbocycles. The van der Waals surface area contributed by atoms with E-state index in [1.165, 1.54) is 13.0 Å². The van der Waals surface area contributed by atoms with Gasteiger partial charge in [-0.1, -0.05) is 13.8 Å². The number of hydrogen-bond acceptors (Lipinski definition) is 4. The SMILES string of the molecule is CC(=O)c1ccc(N2CCN(C(=O)c3n[nH]c(C(C)C)c3Br)CC2)c(F)c1. The average molecular weight is 437 g/mol. The number of H-pyrrole nitrogens is 1. The zero-order valence-electron chi connectivity index (χ0n) is 15.6. The topological polar surface area (TPSA) is 69.3 Å². The molecule has 0 spiro atoms. The molecule has 0 bridgehead atoms. The fourth-order valence-electron chi connectivity index (χ4n) is 3.15. The molecule has 0 unspecified atom stereocenters. The lowest BCUT2D eigenvalue weighted by Gasteiger charge is -2.36. The molecule has 27 heavy (non-hydrogen) atoms. The van der Waals surface area contributed by atoms with Gasteiger partial charge in [-0.05, 0) is 47.0 Å². The quantitative estimate of drug-likeness (QED) is 0.743. The number of nitrogens with one attached hydrogen (secondary N) is 1. The van der Waals surface area contributed by atoms with Crippen molar-refractivity contribution in [1.29, 1.82) is 0 Å². The lowest BCUT2D eigenvalue weighted by Crippen LogP contribution is -2.49. The smallest absolute Gasteiger partial charge is 0.275 e. The Bertz CT molecular complexity index is 873. The molecule has 3 rings (SSSR count). The number of rotatable bonds is 4. The summed E-state index contributed by atoms with van der Waals surface area (Å²) in [6.07, 6.45) is 0. The fourth-order valence-corrected chi connectivity index (χ4v) is 3.95. The average Bonchev–Trinajstić information content (AvgIpc) is 3.03. The van der Waals surface area contributed by atoms with Crippen LogP contribution >= 0.6 is 15.9 Å². The van der Waals surface area contributed by atoms with Crippen molar-refractivity contribution in [2.24, 2.45) is 0 Å². The Kier molecular flexibility index (Phi) is 5.64. The molecule has 1 fully saturated rings. The van der Waals surface area contributed by atoms with Crippen LogP contribution in [0.25, 0.3) is 0 Å². The zero-order chi connectivity index (χ0) is 19.7. The molecule has 144 valence electrons. The van der Waals surface area contributed by atoms with Gasteiger partial charge < -0.3 is 9.80 Å². The fraction of sp³-hybridized carbons (Fsp3) is 0.421.